The van der Waals surface area contributed by atoms with Gasteiger partial charge in [0.15, 0.2) is 11.2 Å². The molecule has 1 saturated heterocycles. The number of rotatable bonds is 3. The largest absolute Gasteiger partial charge is 0.481 e. The molecule has 3 rings (SSSR count). The smallest absolute Gasteiger partial charge is 0.309 e. The molecule has 0 amide bonds. The summed E-state index contributed by atoms with van der Waals surface area (Å²) in [7, 11) is 0. The summed E-state index contributed by atoms with van der Waals surface area (Å²) in [4.78, 5) is 33.1. The molecule has 3 N–H and O–H groups in total. The lowest BCUT2D eigenvalue weighted by atomic mass is 10.0. The fourth-order valence-corrected chi connectivity index (χ4v) is 2.40. The van der Waals surface area contributed by atoms with Crippen molar-refractivity contribution in [3.63, 3.8) is 0 Å². The Morgan fingerprint density at radius 2 is 2.35 bits per heavy atom. The number of carboxylic acids is 1. The number of hydrogen-bond acceptors (Lipinski definition) is 6. The molecular formula is C11H12N4O5. The monoisotopic (exact) mass is 280 g/mol. The van der Waals surface area contributed by atoms with Crippen molar-refractivity contribution >= 4 is 17.1 Å². The molecule has 1 aliphatic rings. The lowest BCUT2D eigenvalue weighted by Crippen LogP contribution is -2.26. The zero-order valence-electron chi connectivity index (χ0n) is 10.3. The van der Waals surface area contributed by atoms with Gasteiger partial charge in [-0.15, -0.1) is 0 Å². The Morgan fingerprint density at radius 1 is 1.55 bits per heavy atom. The number of fused-ring (bicyclic) bond motifs is 1. The van der Waals surface area contributed by atoms with Crippen LogP contribution in [0.4, 0.5) is 0 Å². The Balaban J connectivity index is 1.99. The van der Waals surface area contributed by atoms with Crippen molar-refractivity contribution in [3.8, 4) is 0 Å². The predicted molar refractivity (Wildman–Crippen MR) is 64.9 cm³/mol. The summed E-state index contributed by atoms with van der Waals surface area (Å²) in [6.45, 7) is -0.381. The van der Waals surface area contributed by atoms with E-state index < -0.39 is 24.2 Å². The van der Waals surface area contributed by atoms with Gasteiger partial charge in [-0.3, -0.25) is 14.2 Å². The number of imidazole rings is 1. The molecule has 3 atom stereocenters. The zero-order valence-corrected chi connectivity index (χ0v) is 10.3. The van der Waals surface area contributed by atoms with Crippen LogP contribution in [0.25, 0.3) is 11.2 Å². The maximum absolute atomic E-state index is 11.6. The maximum Gasteiger partial charge on any atom is 0.309 e. The number of carboxylic acid groups (broad SMARTS) is 1. The van der Waals surface area contributed by atoms with Crippen molar-refractivity contribution < 1.29 is 19.7 Å². The van der Waals surface area contributed by atoms with Gasteiger partial charge in [-0.2, -0.15) is 0 Å². The van der Waals surface area contributed by atoms with E-state index in [1.165, 1.54) is 17.2 Å². The first kappa shape index (κ1) is 12.8. The average molecular weight is 280 g/mol. The van der Waals surface area contributed by atoms with Crippen molar-refractivity contribution in [1.29, 1.82) is 0 Å². The van der Waals surface area contributed by atoms with Crippen LogP contribution in [0.5, 0.6) is 0 Å². The quantitative estimate of drug-likeness (QED) is 0.664. The second-order valence-electron chi connectivity index (χ2n) is 4.55. The predicted octanol–water partition coefficient (Wildman–Crippen LogP) is -0.900. The van der Waals surface area contributed by atoms with E-state index in [2.05, 4.69) is 15.0 Å². The van der Waals surface area contributed by atoms with E-state index in [1.807, 2.05) is 0 Å². The molecule has 0 bridgehead atoms. The number of carbonyl (C=O) groups is 1. The highest BCUT2D eigenvalue weighted by Crippen LogP contribution is 2.34. The summed E-state index contributed by atoms with van der Waals surface area (Å²) in [6.07, 6.45) is 1.41. The topological polar surface area (TPSA) is 130 Å². The Morgan fingerprint density at radius 3 is 3.00 bits per heavy atom. The molecule has 1 aliphatic heterocycles. The van der Waals surface area contributed by atoms with Gasteiger partial charge in [-0.05, 0) is 0 Å². The van der Waals surface area contributed by atoms with Gasteiger partial charge in [0.05, 0.1) is 31.3 Å². The number of aliphatic carboxylic acids is 1. The third-order valence-electron chi connectivity index (χ3n) is 3.41. The van der Waals surface area contributed by atoms with E-state index in [4.69, 9.17) is 9.84 Å². The third kappa shape index (κ3) is 1.87. The Labute approximate surface area is 111 Å². The van der Waals surface area contributed by atoms with Crippen molar-refractivity contribution in [1.82, 2.24) is 19.5 Å². The van der Waals surface area contributed by atoms with E-state index in [0.717, 1.165) is 0 Å². The van der Waals surface area contributed by atoms with Gasteiger partial charge < -0.3 is 19.9 Å². The van der Waals surface area contributed by atoms with Crippen molar-refractivity contribution in [2.24, 2.45) is 5.92 Å². The third-order valence-corrected chi connectivity index (χ3v) is 3.41. The summed E-state index contributed by atoms with van der Waals surface area (Å²) < 4.78 is 7.03. The number of nitrogens with zero attached hydrogens (tertiary/aromatic N) is 3. The molecule has 0 saturated carbocycles. The molecule has 9 nitrogen and oxygen atoms in total. The van der Waals surface area contributed by atoms with Crippen LogP contribution < -0.4 is 5.56 Å². The number of aromatic nitrogens is 4. The summed E-state index contributed by atoms with van der Waals surface area (Å²) in [6, 6.07) is 0. The lowest BCUT2D eigenvalue weighted by Gasteiger charge is -2.13. The molecular weight excluding hydrogens is 268 g/mol. The fraction of sp³-hybridized carbons (Fsp3) is 0.455. The van der Waals surface area contributed by atoms with Crippen LogP contribution in [0.15, 0.2) is 17.4 Å². The molecule has 9 heteroatoms. The summed E-state index contributed by atoms with van der Waals surface area (Å²) in [5.74, 6) is -1.83. The van der Waals surface area contributed by atoms with E-state index >= 15 is 0 Å². The van der Waals surface area contributed by atoms with Crippen molar-refractivity contribution in [2.45, 2.75) is 18.8 Å². The highest BCUT2D eigenvalue weighted by Gasteiger charge is 2.40. The molecule has 2 aromatic heterocycles. The molecule has 20 heavy (non-hydrogen) atoms. The minimum Gasteiger partial charge on any atom is -0.481 e. The van der Waals surface area contributed by atoms with E-state index in [9.17, 15) is 14.7 Å². The number of aromatic amines is 1. The van der Waals surface area contributed by atoms with Crippen molar-refractivity contribution in [3.05, 3.63) is 23.0 Å². The average Bonchev–Trinajstić information content (AvgIpc) is 3.02. The standard InChI is InChI=1S/C11H12N4O5/c16-2-6-5(11(18)19)1-7(20-6)15-4-14-8-9(15)12-3-13-10(8)17/h3-7,16H,1-2H2,(H,18,19)(H,12,13,17)/t5-,6+,7+/m0/s1. The van der Waals surface area contributed by atoms with E-state index in [-0.39, 0.29) is 24.1 Å². The molecule has 0 unspecified atom stereocenters. The van der Waals surface area contributed by atoms with E-state index in [0.29, 0.717) is 5.65 Å². The van der Waals surface area contributed by atoms with Crippen LogP contribution in [-0.2, 0) is 9.53 Å². The van der Waals surface area contributed by atoms with Crippen LogP contribution in [0.1, 0.15) is 12.6 Å². The number of aliphatic hydroxyl groups excluding tert-OH is 1. The summed E-state index contributed by atoms with van der Waals surface area (Å²) >= 11 is 0. The van der Waals surface area contributed by atoms with Crippen LogP contribution in [0.3, 0.4) is 0 Å². The number of ether oxygens (including phenoxy) is 1. The molecule has 0 aliphatic carbocycles. The van der Waals surface area contributed by atoms with Gasteiger partial charge in [-0.25, -0.2) is 9.97 Å². The van der Waals surface area contributed by atoms with Gasteiger partial charge in [0, 0.05) is 6.42 Å². The Kier molecular flexibility index (Phi) is 2.99. The summed E-state index contributed by atoms with van der Waals surface area (Å²) in [5, 5.41) is 18.3. The molecule has 106 valence electrons. The van der Waals surface area contributed by atoms with E-state index in [1.54, 1.807) is 0 Å². The van der Waals surface area contributed by atoms with Crippen LogP contribution >= 0.6 is 0 Å². The molecule has 0 spiro atoms. The van der Waals surface area contributed by atoms with Crippen LogP contribution in [0.2, 0.25) is 0 Å². The van der Waals surface area contributed by atoms with Crippen LogP contribution in [0, 0.1) is 5.92 Å². The van der Waals surface area contributed by atoms with Gasteiger partial charge in [0.25, 0.3) is 5.56 Å². The van der Waals surface area contributed by atoms with Gasteiger partial charge in [0.1, 0.15) is 6.23 Å². The normalized spacial score (nSPS) is 26.1. The lowest BCUT2D eigenvalue weighted by molar-refractivity contribution is -0.144. The van der Waals surface area contributed by atoms with Crippen LogP contribution in [-0.4, -0.2) is 48.4 Å². The van der Waals surface area contributed by atoms with Crippen molar-refractivity contribution in [2.75, 3.05) is 6.61 Å². The number of hydrogen-bond donors (Lipinski definition) is 3. The molecule has 2 aromatic rings. The fourth-order valence-electron chi connectivity index (χ4n) is 2.40. The number of H-pyrrole nitrogens is 1. The maximum atomic E-state index is 11.6. The molecule has 3 heterocycles. The first-order valence-corrected chi connectivity index (χ1v) is 6.01. The first-order valence-electron chi connectivity index (χ1n) is 6.01. The van der Waals surface area contributed by atoms with Gasteiger partial charge >= 0.3 is 5.97 Å². The van der Waals surface area contributed by atoms with Gasteiger partial charge in [-0.1, -0.05) is 0 Å². The highest BCUT2D eigenvalue weighted by atomic mass is 16.5. The SMILES string of the molecule is O=C(O)[C@H]1C[C@H](n2cnc3c(=O)[nH]cnc32)O[C@@H]1CO. The molecule has 0 aromatic carbocycles. The minimum absolute atomic E-state index is 0.162. The minimum atomic E-state index is -1.03. The molecule has 0 radical (unpaired) electrons. The Hall–Kier alpha value is -2.26. The first-order chi connectivity index (χ1) is 9.61. The number of aliphatic hydroxyl groups is 1. The number of nitrogens with one attached hydrogen (secondary N) is 1. The molecule has 1 fully saturated rings. The second-order valence-corrected chi connectivity index (χ2v) is 4.55. The second kappa shape index (κ2) is 4.69. The summed E-state index contributed by atoms with van der Waals surface area (Å²) in [5.41, 5.74) is 0.108. The van der Waals surface area contributed by atoms with Gasteiger partial charge in [0.2, 0.25) is 0 Å². The zero-order chi connectivity index (χ0) is 14.3. The highest BCUT2D eigenvalue weighted by molar-refractivity contribution is 5.71. The Bertz CT molecular complexity index is 708.